The molecular formula is C20H18N4O4. The van der Waals surface area contributed by atoms with Crippen molar-refractivity contribution in [1.29, 1.82) is 0 Å². The smallest absolute Gasteiger partial charge is 0.335 e. The number of aromatic carboxylic acids is 1. The fraction of sp³-hybridized carbons (Fsp3) is 0.150. The van der Waals surface area contributed by atoms with Crippen molar-refractivity contribution in [3.63, 3.8) is 0 Å². The lowest BCUT2D eigenvalue weighted by Crippen LogP contribution is -2.05. The van der Waals surface area contributed by atoms with Crippen molar-refractivity contribution in [3.8, 4) is 11.5 Å². The van der Waals surface area contributed by atoms with Gasteiger partial charge in [-0.3, -0.25) is 0 Å². The third-order valence-corrected chi connectivity index (χ3v) is 4.15. The molecule has 0 atom stereocenters. The van der Waals surface area contributed by atoms with Crippen LogP contribution in [0.25, 0.3) is 0 Å². The predicted octanol–water partition coefficient (Wildman–Crippen LogP) is 3.57. The first-order valence-electron chi connectivity index (χ1n) is 8.65. The Kier molecular flexibility index (Phi) is 4.67. The van der Waals surface area contributed by atoms with Crippen LogP contribution in [0.4, 0.5) is 17.3 Å². The van der Waals surface area contributed by atoms with Crippen LogP contribution in [0.15, 0.2) is 48.5 Å². The molecule has 0 bridgehead atoms. The molecule has 0 spiro atoms. The summed E-state index contributed by atoms with van der Waals surface area (Å²) in [5, 5.41) is 15.4. The molecule has 2 aromatic carbocycles. The second-order valence-corrected chi connectivity index (χ2v) is 6.23. The Balaban J connectivity index is 1.45. The fourth-order valence-corrected chi connectivity index (χ4v) is 2.81. The van der Waals surface area contributed by atoms with E-state index in [0.717, 1.165) is 22.7 Å². The van der Waals surface area contributed by atoms with E-state index >= 15 is 0 Å². The lowest BCUT2D eigenvalue weighted by Gasteiger charge is -2.11. The highest BCUT2D eigenvalue weighted by Crippen LogP contribution is 2.32. The molecule has 1 aromatic heterocycles. The van der Waals surface area contributed by atoms with Gasteiger partial charge in [0.25, 0.3) is 0 Å². The molecular weight excluding hydrogens is 360 g/mol. The second-order valence-electron chi connectivity index (χ2n) is 6.23. The summed E-state index contributed by atoms with van der Waals surface area (Å²) in [6.45, 7) is 2.63. The van der Waals surface area contributed by atoms with E-state index in [4.69, 9.17) is 14.6 Å². The highest BCUT2D eigenvalue weighted by Gasteiger charge is 2.13. The topological polar surface area (TPSA) is 106 Å². The van der Waals surface area contributed by atoms with Crippen LogP contribution in [0, 0.1) is 6.92 Å². The fourth-order valence-electron chi connectivity index (χ4n) is 2.81. The molecule has 0 unspecified atom stereocenters. The Labute approximate surface area is 161 Å². The van der Waals surface area contributed by atoms with Gasteiger partial charge in [-0.2, -0.15) is 0 Å². The first kappa shape index (κ1) is 17.6. The number of anilines is 3. The number of carboxylic acids is 1. The van der Waals surface area contributed by atoms with Crippen molar-refractivity contribution < 1.29 is 19.4 Å². The van der Waals surface area contributed by atoms with E-state index < -0.39 is 5.97 Å². The molecule has 0 radical (unpaired) electrons. The minimum Gasteiger partial charge on any atom is -0.478 e. The molecule has 28 heavy (non-hydrogen) atoms. The number of ether oxygens (including phenoxy) is 2. The molecule has 0 saturated carbocycles. The molecule has 1 aliphatic heterocycles. The maximum atomic E-state index is 10.9. The van der Waals surface area contributed by atoms with Gasteiger partial charge in [0, 0.05) is 18.3 Å². The average Bonchev–Trinajstić information content (AvgIpc) is 3.14. The number of aryl methyl sites for hydroxylation is 1. The van der Waals surface area contributed by atoms with Gasteiger partial charge < -0.3 is 25.2 Å². The minimum atomic E-state index is -0.959. The largest absolute Gasteiger partial charge is 0.478 e. The molecule has 0 amide bonds. The lowest BCUT2D eigenvalue weighted by molar-refractivity contribution is 0.0697. The third kappa shape index (κ3) is 3.96. The van der Waals surface area contributed by atoms with Crippen LogP contribution in [-0.2, 0) is 6.54 Å². The van der Waals surface area contributed by atoms with Gasteiger partial charge in [-0.15, -0.1) is 0 Å². The van der Waals surface area contributed by atoms with E-state index in [9.17, 15) is 4.79 Å². The van der Waals surface area contributed by atoms with Gasteiger partial charge >= 0.3 is 5.97 Å². The van der Waals surface area contributed by atoms with E-state index in [1.165, 1.54) is 12.1 Å². The van der Waals surface area contributed by atoms with Crippen LogP contribution < -0.4 is 20.1 Å². The number of rotatable bonds is 6. The molecule has 142 valence electrons. The number of carboxylic acid groups (broad SMARTS) is 1. The van der Waals surface area contributed by atoms with Gasteiger partial charge in [-0.05, 0) is 48.9 Å². The summed E-state index contributed by atoms with van der Waals surface area (Å²) in [5.41, 5.74) is 2.01. The zero-order valence-corrected chi connectivity index (χ0v) is 15.1. The van der Waals surface area contributed by atoms with E-state index in [-0.39, 0.29) is 12.4 Å². The van der Waals surface area contributed by atoms with Crippen LogP contribution in [0.2, 0.25) is 0 Å². The number of nitrogens with one attached hydrogen (secondary N) is 2. The molecule has 4 rings (SSSR count). The van der Waals surface area contributed by atoms with Crippen molar-refractivity contribution in [2.45, 2.75) is 13.5 Å². The van der Waals surface area contributed by atoms with Crippen LogP contribution in [0.3, 0.4) is 0 Å². The summed E-state index contributed by atoms with van der Waals surface area (Å²) in [5.74, 6) is 2.44. The number of nitrogens with zero attached hydrogens (tertiary/aromatic N) is 2. The highest BCUT2D eigenvalue weighted by atomic mass is 16.7. The predicted molar refractivity (Wildman–Crippen MR) is 103 cm³/mol. The van der Waals surface area contributed by atoms with Gasteiger partial charge in [0.2, 0.25) is 6.79 Å². The lowest BCUT2D eigenvalue weighted by atomic mass is 10.2. The summed E-state index contributed by atoms with van der Waals surface area (Å²) in [6, 6.07) is 14.1. The van der Waals surface area contributed by atoms with Crippen molar-refractivity contribution in [3.05, 3.63) is 65.5 Å². The third-order valence-electron chi connectivity index (χ3n) is 4.15. The van der Waals surface area contributed by atoms with Crippen molar-refractivity contribution >= 4 is 23.3 Å². The number of hydrogen-bond acceptors (Lipinski definition) is 7. The van der Waals surface area contributed by atoms with Crippen LogP contribution in [-0.4, -0.2) is 27.8 Å². The summed E-state index contributed by atoms with van der Waals surface area (Å²) in [4.78, 5) is 19.7. The van der Waals surface area contributed by atoms with E-state index in [0.29, 0.717) is 24.0 Å². The summed E-state index contributed by atoms with van der Waals surface area (Å²) >= 11 is 0. The Morgan fingerprint density at radius 2 is 1.79 bits per heavy atom. The molecule has 2 heterocycles. The van der Waals surface area contributed by atoms with Crippen LogP contribution >= 0.6 is 0 Å². The SMILES string of the molecule is Cc1nc(NCc2ccc3c(c2)OCO3)cc(Nc2ccc(C(=O)O)cc2)n1. The molecule has 8 nitrogen and oxygen atoms in total. The standard InChI is InChI=1S/C20H18N4O4/c1-12-22-18(21-10-13-2-7-16-17(8-13)28-11-27-16)9-19(23-12)24-15-5-3-14(4-6-15)20(25)26/h2-9H,10-11H2,1H3,(H,25,26)(H2,21,22,23,24). The molecule has 3 N–H and O–H groups in total. The van der Waals surface area contributed by atoms with E-state index in [1.807, 2.05) is 25.1 Å². The second kappa shape index (κ2) is 7.43. The van der Waals surface area contributed by atoms with Gasteiger partial charge in [0.05, 0.1) is 5.56 Å². The number of fused-ring (bicyclic) bond motifs is 1. The van der Waals surface area contributed by atoms with Gasteiger partial charge in [-0.25, -0.2) is 14.8 Å². The van der Waals surface area contributed by atoms with Gasteiger partial charge in [-0.1, -0.05) is 6.07 Å². The van der Waals surface area contributed by atoms with Gasteiger partial charge in [0.1, 0.15) is 17.5 Å². The highest BCUT2D eigenvalue weighted by molar-refractivity contribution is 5.88. The monoisotopic (exact) mass is 378 g/mol. The van der Waals surface area contributed by atoms with Crippen molar-refractivity contribution in [2.75, 3.05) is 17.4 Å². The zero-order valence-electron chi connectivity index (χ0n) is 15.1. The van der Waals surface area contributed by atoms with Gasteiger partial charge in [0.15, 0.2) is 11.5 Å². The van der Waals surface area contributed by atoms with E-state index in [1.54, 1.807) is 18.2 Å². The molecule has 3 aromatic rings. The first-order valence-corrected chi connectivity index (χ1v) is 8.65. The molecule has 0 fully saturated rings. The molecule has 0 saturated heterocycles. The summed E-state index contributed by atoms with van der Waals surface area (Å²) < 4.78 is 10.7. The molecule has 0 aliphatic carbocycles. The summed E-state index contributed by atoms with van der Waals surface area (Å²) in [7, 11) is 0. The number of hydrogen-bond donors (Lipinski definition) is 3. The summed E-state index contributed by atoms with van der Waals surface area (Å²) in [6.07, 6.45) is 0. The number of benzene rings is 2. The Hall–Kier alpha value is -3.81. The maximum Gasteiger partial charge on any atom is 0.335 e. The molecule has 1 aliphatic rings. The Morgan fingerprint density at radius 1 is 1.04 bits per heavy atom. The Morgan fingerprint density at radius 3 is 2.57 bits per heavy atom. The number of aromatic nitrogens is 2. The zero-order chi connectivity index (χ0) is 19.5. The normalized spacial score (nSPS) is 11.9. The van der Waals surface area contributed by atoms with Crippen molar-refractivity contribution in [2.24, 2.45) is 0 Å². The maximum absolute atomic E-state index is 10.9. The van der Waals surface area contributed by atoms with Crippen molar-refractivity contribution in [1.82, 2.24) is 9.97 Å². The Bertz CT molecular complexity index is 1020. The molecule has 8 heteroatoms. The number of carbonyl (C=O) groups is 1. The average molecular weight is 378 g/mol. The minimum absolute atomic E-state index is 0.232. The quantitative estimate of drug-likeness (QED) is 0.598. The van der Waals surface area contributed by atoms with Crippen LogP contribution in [0.5, 0.6) is 11.5 Å². The first-order chi connectivity index (χ1) is 13.6. The van der Waals surface area contributed by atoms with E-state index in [2.05, 4.69) is 20.6 Å². The van der Waals surface area contributed by atoms with Crippen LogP contribution in [0.1, 0.15) is 21.7 Å².